The molecule has 0 amide bonds. The van der Waals surface area contributed by atoms with E-state index in [-0.39, 0.29) is 14.9 Å². The fourth-order valence-corrected chi connectivity index (χ4v) is 8.81. The average Bonchev–Trinajstić information content (AvgIpc) is 3.79. The zero-order valence-corrected chi connectivity index (χ0v) is 29.4. The molecule has 4 heterocycles. The first kappa shape index (κ1) is 34.2. The van der Waals surface area contributed by atoms with E-state index in [1.807, 2.05) is 11.0 Å². The number of hydrogen-bond acceptors (Lipinski definition) is 9. The van der Waals surface area contributed by atoms with Gasteiger partial charge in [-0.25, -0.2) is 30.6 Å². The molecule has 248 valence electrons. The zero-order valence-electron chi connectivity index (χ0n) is 23.8. The average molecular weight is 789 g/mol. The van der Waals surface area contributed by atoms with E-state index in [0.29, 0.717) is 55.8 Å². The van der Waals surface area contributed by atoms with Gasteiger partial charge in [0, 0.05) is 34.1 Å². The van der Waals surface area contributed by atoms with Gasteiger partial charge in [0.25, 0.3) is 20.0 Å². The molecule has 4 N–H and O–H groups in total. The van der Waals surface area contributed by atoms with Gasteiger partial charge in [0.2, 0.25) is 0 Å². The van der Waals surface area contributed by atoms with Crippen molar-refractivity contribution in [1.29, 1.82) is 0 Å². The van der Waals surface area contributed by atoms with E-state index < -0.39 is 42.4 Å². The molecule has 0 aliphatic heterocycles. The van der Waals surface area contributed by atoms with Crippen LogP contribution in [0.5, 0.6) is 0 Å². The molecule has 11 nitrogen and oxygen atoms in total. The van der Waals surface area contributed by atoms with Gasteiger partial charge in [-0.05, 0) is 42.7 Å². The molecule has 0 bridgehead atoms. The number of nitrogens with zero attached hydrogens (tertiary/aromatic N) is 3. The van der Waals surface area contributed by atoms with Crippen LogP contribution in [0.3, 0.4) is 0 Å². The summed E-state index contributed by atoms with van der Waals surface area (Å²) in [6.07, 6.45) is 4.47. The Balaban J connectivity index is 0.000000168. The molecule has 0 fully saturated rings. The number of aromatic nitrogens is 5. The molecule has 7 rings (SSSR count). The van der Waals surface area contributed by atoms with E-state index >= 15 is 0 Å². The van der Waals surface area contributed by atoms with Gasteiger partial charge in [-0.3, -0.25) is 9.44 Å². The number of fused-ring (bicyclic) bond motifs is 3. The Hall–Kier alpha value is -3.71. The molecule has 7 aromatic rings. The third-order valence-corrected chi connectivity index (χ3v) is 11.9. The topological polar surface area (TPSA) is 163 Å². The number of anilines is 2. The molecule has 0 aliphatic rings. The second-order valence-electron chi connectivity index (χ2n) is 9.74. The Morgan fingerprint density at radius 1 is 0.812 bits per heavy atom. The first-order valence-corrected chi connectivity index (χ1v) is 19.2. The minimum atomic E-state index is -4.18. The second kappa shape index (κ2) is 13.3. The first-order valence-electron chi connectivity index (χ1n) is 13.2. The molecule has 0 saturated carbocycles. The largest absolute Gasteiger partial charge is 0.359 e. The number of hydrogen-bond donors (Lipinski definition) is 4. The normalized spacial score (nSPS) is 12.0. The number of thioether (sulfide) groups is 1. The highest BCUT2D eigenvalue weighted by atomic mass is 35.5. The van der Waals surface area contributed by atoms with E-state index in [1.165, 1.54) is 24.2 Å². The van der Waals surface area contributed by atoms with E-state index in [0.717, 1.165) is 16.6 Å². The standard InChI is InChI=1S/C15H10Cl2F2N2O2S2.C13H8ClN5O2S2/c1-24-12-3-2-7-13(6-20-15(7)14(12)17)25(22,23)21-11-5-9(18)8(16)4-10(11)19;14-11-5-4-7-10(6-15-13(7)16-11)23(20,21)19-9-3-1-2-8-12(9)18-22-17-8/h2-6,20-21H,1H3;1-6,19H,(H,15,16). The molecule has 3 aromatic carbocycles. The monoisotopic (exact) mass is 787 g/mol. The van der Waals surface area contributed by atoms with Gasteiger partial charge in [-0.2, -0.15) is 8.75 Å². The van der Waals surface area contributed by atoms with Crippen molar-refractivity contribution in [3.05, 3.63) is 93.8 Å². The SMILES string of the molecule is CSc1ccc2c(S(=O)(=O)Nc3cc(F)c(Cl)cc3F)c[nH]c2c1Cl.O=S(=O)(Nc1cccc2nsnc12)c1c[nH]c2nc(Cl)ccc12. The maximum Gasteiger partial charge on any atom is 0.264 e. The minimum absolute atomic E-state index is 0.0943. The first-order chi connectivity index (χ1) is 22.8. The van der Waals surface area contributed by atoms with Crippen molar-refractivity contribution in [3.8, 4) is 0 Å². The molecular weight excluding hydrogens is 771 g/mol. The second-order valence-corrected chi connectivity index (χ2v) is 15.6. The summed E-state index contributed by atoms with van der Waals surface area (Å²) in [5, 5.41) is 1.03. The van der Waals surface area contributed by atoms with Gasteiger partial charge < -0.3 is 9.97 Å². The summed E-state index contributed by atoms with van der Waals surface area (Å²) in [6, 6.07) is 13.0. The van der Waals surface area contributed by atoms with Crippen molar-refractivity contribution < 1.29 is 25.6 Å². The molecule has 0 unspecified atom stereocenters. The van der Waals surface area contributed by atoms with Crippen LogP contribution in [-0.4, -0.2) is 46.8 Å². The predicted molar refractivity (Wildman–Crippen MR) is 187 cm³/mol. The lowest BCUT2D eigenvalue weighted by Gasteiger charge is -2.09. The van der Waals surface area contributed by atoms with Crippen LogP contribution in [0.15, 0.2) is 81.7 Å². The molecule has 0 aliphatic carbocycles. The Kier molecular flexibility index (Phi) is 9.47. The van der Waals surface area contributed by atoms with Gasteiger partial charge in [-0.15, -0.1) is 11.8 Å². The van der Waals surface area contributed by atoms with E-state index in [4.69, 9.17) is 34.8 Å². The lowest BCUT2D eigenvalue weighted by atomic mass is 10.2. The molecule has 48 heavy (non-hydrogen) atoms. The van der Waals surface area contributed by atoms with Crippen molar-refractivity contribution in [2.45, 2.75) is 14.7 Å². The predicted octanol–water partition coefficient (Wildman–Crippen LogP) is 8.30. The minimum Gasteiger partial charge on any atom is -0.359 e. The summed E-state index contributed by atoms with van der Waals surface area (Å²) in [4.78, 5) is 10.4. The van der Waals surface area contributed by atoms with Crippen molar-refractivity contribution in [1.82, 2.24) is 23.7 Å². The fraction of sp³-hybridized carbons (Fsp3) is 0.0357. The highest BCUT2D eigenvalue weighted by Crippen LogP contribution is 2.36. The van der Waals surface area contributed by atoms with Crippen molar-refractivity contribution >= 4 is 123 Å². The van der Waals surface area contributed by atoms with Crippen LogP contribution in [0, 0.1) is 11.6 Å². The number of benzene rings is 3. The lowest BCUT2D eigenvalue weighted by molar-refractivity contribution is 0.595. The number of rotatable bonds is 7. The van der Waals surface area contributed by atoms with Crippen LogP contribution >= 0.6 is 58.3 Å². The molecule has 0 atom stereocenters. The van der Waals surface area contributed by atoms with Crippen molar-refractivity contribution in [2.75, 3.05) is 15.7 Å². The Morgan fingerprint density at radius 3 is 2.25 bits per heavy atom. The van der Waals surface area contributed by atoms with E-state index in [1.54, 1.807) is 42.5 Å². The molecule has 20 heteroatoms. The van der Waals surface area contributed by atoms with Gasteiger partial charge in [-0.1, -0.05) is 46.9 Å². The van der Waals surface area contributed by atoms with Gasteiger partial charge in [0.15, 0.2) is 0 Å². The summed E-state index contributed by atoms with van der Waals surface area (Å²) in [7, 11) is -7.99. The summed E-state index contributed by atoms with van der Waals surface area (Å²) in [5.74, 6) is -1.93. The zero-order chi connectivity index (χ0) is 34.4. The number of sulfonamides is 2. The van der Waals surface area contributed by atoms with Crippen LogP contribution in [0.1, 0.15) is 0 Å². The van der Waals surface area contributed by atoms with Crippen LogP contribution < -0.4 is 9.44 Å². The van der Waals surface area contributed by atoms with Gasteiger partial charge >= 0.3 is 0 Å². The maximum atomic E-state index is 13.9. The van der Waals surface area contributed by atoms with E-state index in [9.17, 15) is 25.6 Å². The molecule has 0 radical (unpaired) electrons. The van der Waals surface area contributed by atoms with Gasteiger partial charge in [0.05, 0.1) is 38.7 Å². The van der Waals surface area contributed by atoms with E-state index in [2.05, 4.69) is 28.4 Å². The van der Waals surface area contributed by atoms with Crippen LogP contribution in [0.2, 0.25) is 15.2 Å². The maximum absolute atomic E-state index is 13.9. The van der Waals surface area contributed by atoms with Crippen LogP contribution in [0.25, 0.3) is 33.0 Å². The lowest BCUT2D eigenvalue weighted by Crippen LogP contribution is -2.14. The Labute approximate surface area is 294 Å². The number of aromatic amines is 2. The molecule has 0 spiro atoms. The summed E-state index contributed by atoms with van der Waals surface area (Å²) < 4.78 is 90.7. The van der Waals surface area contributed by atoms with Crippen molar-refractivity contribution in [3.63, 3.8) is 0 Å². The third-order valence-electron chi connectivity index (χ3n) is 6.77. The quantitative estimate of drug-likeness (QED) is 0.0713. The third kappa shape index (κ3) is 6.63. The summed E-state index contributed by atoms with van der Waals surface area (Å²) in [5.41, 5.74) is 1.85. The number of H-pyrrole nitrogens is 2. The number of pyridine rings is 1. The Bertz CT molecular complexity index is 2580. The Morgan fingerprint density at radius 2 is 1.50 bits per heavy atom. The highest BCUT2D eigenvalue weighted by Gasteiger charge is 2.24. The number of nitrogens with one attached hydrogen (secondary N) is 4. The number of halogens is 5. The van der Waals surface area contributed by atoms with Crippen LogP contribution in [-0.2, 0) is 20.0 Å². The summed E-state index contributed by atoms with van der Waals surface area (Å²) >= 11 is 20.0. The van der Waals surface area contributed by atoms with Gasteiger partial charge in [0.1, 0.15) is 43.3 Å². The molecular formula is C28H18Cl3F2N7O4S4. The highest BCUT2D eigenvalue weighted by molar-refractivity contribution is 7.98. The molecule has 4 aromatic heterocycles. The smallest absolute Gasteiger partial charge is 0.264 e. The fourth-order valence-electron chi connectivity index (χ4n) is 4.57. The summed E-state index contributed by atoms with van der Waals surface area (Å²) in [6.45, 7) is 0. The van der Waals surface area contributed by atoms with Crippen molar-refractivity contribution in [2.24, 2.45) is 0 Å². The van der Waals surface area contributed by atoms with Crippen LogP contribution in [0.4, 0.5) is 20.2 Å². The molecule has 0 saturated heterocycles.